The Balaban J connectivity index is 0.00000144. The Kier molecular flexibility index (Phi) is 5.50. The van der Waals surface area contributed by atoms with Crippen molar-refractivity contribution in [3.63, 3.8) is 0 Å². The highest BCUT2D eigenvalue weighted by Gasteiger charge is 2.42. The number of hydrogen-bond acceptors (Lipinski definition) is 2. The summed E-state index contributed by atoms with van der Waals surface area (Å²) in [6.45, 7) is 1.72. The first kappa shape index (κ1) is 15.0. The summed E-state index contributed by atoms with van der Waals surface area (Å²) in [4.78, 5) is 6.65. The van der Waals surface area contributed by atoms with Gasteiger partial charge >= 0.3 is 0 Å². The Morgan fingerprint density at radius 2 is 2.12 bits per heavy atom. The Morgan fingerprint density at radius 3 is 2.59 bits per heavy atom. The van der Waals surface area contributed by atoms with Gasteiger partial charge in [0.25, 0.3) is 0 Å². The molecule has 0 amide bonds. The molecule has 0 aromatic rings. The molecule has 0 saturated heterocycles. The van der Waals surface area contributed by atoms with E-state index >= 15 is 0 Å². The summed E-state index contributed by atoms with van der Waals surface area (Å²) in [5.41, 5.74) is 6.37. The molecule has 0 aromatic carbocycles. The lowest BCUT2D eigenvalue weighted by molar-refractivity contribution is 0.174. The smallest absolute Gasteiger partial charge is 0.191 e. The average molecular weight is 353 g/mol. The standard InChI is InChI=1S/C12H23N3O.HI/c1-15(10-3-4-10)11(13)14-9-12(5-6-12)7-8-16-2;/h10H,3-9H2,1-2H3,(H2,13,14);1H. The summed E-state index contributed by atoms with van der Waals surface area (Å²) >= 11 is 0. The highest BCUT2D eigenvalue weighted by molar-refractivity contribution is 14.0. The minimum Gasteiger partial charge on any atom is -0.385 e. The summed E-state index contributed by atoms with van der Waals surface area (Å²) in [6.07, 6.45) is 6.21. The van der Waals surface area contributed by atoms with Crippen molar-refractivity contribution in [1.82, 2.24) is 4.90 Å². The number of guanidine groups is 1. The van der Waals surface area contributed by atoms with Crippen molar-refractivity contribution in [2.45, 2.75) is 38.1 Å². The Morgan fingerprint density at radius 1 is 1.47 bits per heavy atom. The van der Waals surface area contributed by atoms with E-state index in [1.54, 1.807) is 7.11 Å². The van der Waals surface area contributed by atoms with Crippen molar-refractivity contribution in [2.75, 3.05) is 27.3 Å². The quantitative estimate of drug-likeness (QED) is 0.450. The fourth-order valence-corrected chi connectivity index (χ4v) is 1.99. The maximum absolute atomic E-state index is 5.97. The van der Waals surface area contributed by atoms with Gasteiger partial charge in [0, 0.05) is 33.4 Å². The van der Waals surface area contributed by atoms with Crippen LogP contribution in [0.2, 0.25) is 0 Å². The molecule has 0 bridgehead atoms. The van der Waals surface area contributed by atoms with Crippen LogP contribution in [-0.4, -0.2) is 44.2 Å². The van der Waals surface area contributed by atoms with E-state index < -0.39 is 0 Å². The van der Waals surface area contributed by atoms with E-state index in [-0.39, 0.29) is 24.0 Å². The molecule has 0 aliphatic heterocycles. The van der Waals surface area contributed by atoms with Crippen molar-refractivity contribution in [3.05, 3.63) is 0 Å². The van der Waals surface area contributed by atoms with Gasteiger partial charge < -0.3 is 15.4 Å². The van der Waals surface area contributed by atoms with E-state index in [4.69, 9.17) is 10.5 Å². The van der Waals surface area contributed by atoms with Crippen LogP contribution in [0.15, 0.2) is 4.99 Å². The summed E-state index contributed by atoms with van der Waals surface area (Å²) < 4.78 is 5.13. The van der Waals surface area contributed by atoms with Crippen LogP contribution in [0.5, 0.6) is 0 Å². The first-order valence-electron chi connectivity index (χ1n) is 6.19. The second-order valence-corrected chi connectivity index (χ2v) is 5.26. The van der Waals surface area contributed by atoms with Gasteiger partial charge in [-0.1, -0.05) is 0 Å². The van der Waals surface area contributed by atoms with Crippen molar-refractivity contribution in [1.29, 1.82) is 0 Å². The molecule has 2 aliphatic rings. The van der Waals surface area contributed by atoms with Gasteiger partial charge in [0.2, 0.25) is 0 Å². The summed E-state index contributed by atoms with van der Waals surface area (Å²) in [5, 5.41) is 0. The van der Waals surface area contributed by atoms with Crippen LogP contribution in [0.3, 0.4) is 0 Å². The van der Waals surface area contributed by atoms with Crippen molar-refractivity contribution >= 4 is 29.9 Å². The van der Waals surface area contributed by atoms with Gasteiger partial charge in [-0.25, -0.2) is 0 Å². The highest BCUT2D eigenvalue weighted by atomic mass is 127. The minimum atomic E-state index is 0. The number of ether oxygens (including phenoxy) is 1. The van der Waals surface area contributed by atoms with E-state index in [1.165, 1.54) is 25.7 Å². The van der Waals surface area contributed by atoms with Crippen LogP contribution >= 0.6 is 24.0 Å². The molecule has 0 unspecified atom stereocenters. The zero-order valence-corrected chi connectivity index (χ0v) is 13.1. The minimum absolute atomic E-state index is 0. The van der Waals surface area contributed by atoms with Crippen molar-refractivity contribution in [3.8, 4) is 0 Å². The fraction of sp³-hybridized carbons (Fsp3) is 0.917. The summed E-state index contributed by atoms with van der Waals surface area (Å²) in [6, 6.07) is 0.651. The van der Waals surface area contributed by atoms with Crippen LogP contribution in [0, 0.1) is 5.41 Å². The molecular weight excluding hydrogens is 329 g/mol. The van der Waals surface area contributed by atoms with Gasteiger partial charge in [0.15, 0.2) is 5.96 Å². The predicted octanol–water partition coefficient (Wildman–Crippen LogP) is 1.83. The van der Waals surface area contributed by atoms with Crippen LogP contribution < -0.4 is 5.73 Å². The van der Waals surface area contributed by atoms with Gasteiger partial charge in [0.05, 0.1) is 0 Å². The third kappa shape index (κ3) is 4.28. The van der Waals surface area contributed by atoms with E-state index in [1.807, 2.05) is 7.05 Å². The fourth-order valence-electron chi connectivity index (χ4n) is 1.99. The molecule has 0 spiro atoms. The average Bonchev–Trinajstić information content (AvgIpc) is 3.16. The van der Waals surface area contributed by atoms with Crippen LogP contribution in [0.25, 0.3) is 0 Å². The molecular formula is C12H24IN3O. The Bertz CT molecular complexity index is 275. The molecule has 0 heterocycles. The topological polar surface area (TPSA) is 50.9 Å². The van der Waals surface area contributed by atoms with Gasteiger partial charge in [-0.15, -0.1) is 24.0 Å². The molecule has 2 aliphatic carbocycles. The van der Waals surface area contributed by atoms with E-state index in [0.717, 1.165) is 19.6 Å². The van der Waals surface area contributed by atoms with Crippen LogP contribution in [0.4, 0.5) is 0 Å². The third-order valence-electron chi connectivity index (χ3n) is 3.83. The van der Waals surface area contributed by atoms with Gasteiger partial charge in [-0.2, -0.15) is 0 Å². The molecule has 5 heteroatoms. The summed E-state index contributed by atoms with van der Waals surface area (Å²) in [7, 11) is 3.81. The van der Waals surface area contributed by atoms with Crippen molar-refractivity contribution in [2.24, 2.45) is 16.1 Å². The Hall–Kier alpha value is -0.0400. The van der Waals surface area contributed by atoms with E-state index in [9.17, 15) is 0 Å². The Labute approximate surface area is 121 Å². The molecule has 2 rings (SSSR count). The molecule has 100 valence electrons. The van der Waals surface area contributed by atoms with Crippen LogP contribution in [-0.2, 0) is 4.74 Å². The molecule has 2 fully saturated rings. The maximum atomic E-state index is 5.97. The van der Waals surface area contributed by atoms with E-state index in [0.29, 0.717) is 17.4 Å². The number of methoxy groups -OCH3 is 1. The summed E-state index contributed by atoms with van der Waals surface area (Å²) in [5.74, 6) is 0.714. The second kappa shape index (κ2) is 6.22. The van der Waals surface area contributed by atoms with Gasteiger partial charge in [0.1, 0.15) is 0 Å². The maximum Gasteiger partial charge on any atom is 0.191 e. The molecule has 2 N–H and O–H groups in total. The predicted molar refractivity (Wildman–Crippen MR) is 80.8 cm³/mol. The second-order valence-electron chi connectivity index (χ2n) is 5.26. The largest absolute Gasteiger partial charge is 0.385 e. The molecule has 0 radical (unpaired) electrons. The number of hydrogen-bond donors (Lipinski definition) is 1. The monoisotopic (exact) mass is 353 g/mol. The molecule has 0 atom stereocenters. The first-order valence-corrected chi connectivity index (χ1v) is 6.19. The number of aliphatic imine (C=N–C) groups is 1. The number of nitrogens with two attached hydrogens (primary N) is 1. The lowest BCUT2D eigenvalue weighted by Crippen LogP contribution is -2.36. The number of nitrogens with zero attached hydrogens (tertiary/aromatic N) is 2. The van der Waals surface area contributed by atoms with Gasteiger partial charge in [-0.3, -0.25) is 4.99 Å². The van der Waals surface area contributed by atoms with E-state index in [2.05, 4.69) is 9.89 Å². The van der Waals surface area contributed by atoms with Gasteiger partial charge in [-0.05, 0) is 37.5 Å². The highest BCUT2D eigenvalue weighted by Crippen LogP contribution is 2.49. The first-order chi connectivity index (χ1) is 7.67. The number of rotatable bonds is 6. The molecule has 17 heavy (non-hydrogen) atoms. The SMILES string of the molecule is COCCC1(CN=C(N)N(C)C2CC2)CC1.I. The lowest BCUT2D eigenvalue weighted by atomic mass is 10.0. The molecule has 0 aromatic heterocycles. The van der Waals surface area contributed by atoms with Crippen molar-refractivity contribution < 1.29 is 4.74 Å². The molecule has 4 nitrogen and oxygen atoms in total. The lowest BCUT2D eigenvalue weighted by Gasteiger charge is -2.18. The normalized spacial score (nSPS) is 21.9. The number of halogens is 1. The zero-order valence-electron chi connectivity index (χ0n) is 10.8. The third-order valence-corrected chi connectivity index (χ3v) is 3.83. The van der Waals surface area contributed by atoms with Crippen LogP contribution in [0.1, 0.15) is 32.1 Å². The zero-order chi connectivity index (χ0) is 11.6. The molecule has 2 saturated carbocycles.